The first-order valence-corrected chi connectivity index (χ1v) is 11.1. The van der Waals surface area contributed by atoms with Crippen LogP contribution < -0.4 is 10.6 Å². The van der Waals surface area contributed by atoms with Crippen molar-refractivity contribution in [1.29, 1.82) is 0 Å². The van der Waals surface area contributed by atoms with Crippen LogP contribution in [0.3, 0.4) is 0 Å². The Hall–Kier alpha value is -3.68. The molecule has 1 atom stereocenters. The molecule has 174 valence electrons. The average Bonchev–Trinajstić information content (AvgIpc) is 3.24. The van der Waals surface area contributed by atoms with Gasteiger partial charge in [-0.15, -0.1) is 0 Å². The maximum atomic E-state index is 12.8. The van der Waals surface area contributed by atoms with Gasteiger partial charge in [-0.3, -0.25) is 4.79 Å². The van der Waals surface area contributed by atoms with E-state index in [0.29, 0.717) is 25.2 Å². The largest absolute Gasteiger partial charge is 0.444 e. The van der Waals surface area contributed by atoms with Crippen molar-refractivity contribution < 1.29 is 14.3 Å². The molecule has 8 heteroatoms. The smallest absolute Gasteiger partial charge is 0.407 e. The predicted octanol–water partition coefficient (Wildman–Crippen LogP) is 4.11. The molecule has 0 radical (unpaired) electrons. The van der Waals surface area contributed by atoms with Crippen molar-refractivity contribution in [3.63, 3.8) is 0 Å². The number of nitrogens with one attached hydrogen (secondary N) is 2. The molecule has 0 fully saturated rings. The summed E-state index contributed by atoms with van der Waals surface area (Å²) >= 11 is 0. The Balaban J connectivity index is 1.55. The van der Waals surface area contributed by atoms with Crippen LogP contribution in [-0.4, -0.2) is 38.9 Å². The van der Waals surface area contributed by atoms with Gasteiger partial charge < -0.3 is 15.4 Å². The van der Waals surface area contributed by atoms with E-state index in [1.807, 2.05) is 81.4 Å². The van der Waals surface area contributed by atoms with Crippen molar-refractivity contribution in [2.45, 2.75) is 51.8 Å². The summed E-state index contributed by atoms with van der Waals surface area (Å²) in [4.78, 5) is 28.9. The molecule has 0 saturated heterocycles. The molecule has 0 unspecified atom stereocenters. The zero-order valence-corrected chi connectivity index (χ0v) is 19.3. The molecule has 0 aliphatic rings. The SMILES string of the molecule is CC(C)(C)OC(=O)NCCC[C@H](NC(=O)Cn1cnc(-c2ccccc2)n1)c1ccccc1. The standard InChI is InChI=1S/C25H31N5O3/c1-25(2,3)33-24(32)26-16-10-15-21(19-11-6-4-7-12-19)28-22(31)17-30-18-27-23(29-30)20-13-8-5-9-14-20/h4-9,11-14,18,21H,10,15-17H2,1-3H3,(H,26,32)(H,28,31)/t21-/m0/s1. The van der Waals surface area contributed by atoms with E-state index in [9.17, 15) is 9.59 Å². The molecule has 3 aromatic rings. The van der Waals surface area contributed by atoms with Crippen LogP contribution in [0.2, 0.25) is 0 Å². The third-order valence-electron chi connectivity index (χ3n) is 4.75. The first kappa shape index (κ1) is 24.0. The molecule has 2 N–H and O–H groups in total. The van der Waals surface area contributed by atoms with Crippen LogP contribution in [0, 0.1) is 0 Å². The fourth-order valence-corrected chi connectivity index (χ4v) is 3.30. The van der Waals surface area contributed by atoms with Crippen molar-refractivity contribution >= 4 is 12.0 Å². The number of alkyl carbamates (subject to hydrolysis) is 1. The molecule has 8 nitrogen and oxygen atoms in total. The zero-order valence-electron chi connectivity index (χ0n) is 19.3. The van der Waals surface area contributed by atoms with E-state index in [1.165, 1.54) is 4.68 Å². The summed E-state index contributed by atoms with van der Waals surface area (Å²) in [6.45, 7) is 6.00. The van der Waals surface area contributed by atoms with Crippen LogP contribution in [0.1, 0.15) is 45.2 Å². The molecule has 1 heterocycles. The molecular weight excluding hydrogens is 418 g/mol. The molecule has 0 saturated carbocycles. The number of aromatic nitrogens is 3. The van der Waals surface area contributed by atoms with Crippen molar-refractivity contribution in [3.05, 3.63) is 72.6 Å². The number of ether oxygens (including phenoxy) is 1. The van der Waals surface area contributed by atoms with E-state index < -0.39 is 11.7 Å². The Morgan fingerprint density at radius 3 is 2.36 bits per heavy atom. The molecule has 33 heavy (non-hydrogen) atoms. The minimum Gasteiger partial charge on any atom is -0.444 e. The van der Waals surface area contributed by atoms with E-state index >= 15 is 0 Å². The van der Waals surface area contributed by atoms with E-state index in [1.54, 1.807) is 6.33 Å². The summed E-state index contributed by atoms with van der Waals surface area (Å²) in [6.07, 6.45) is 2.46. The first-order valence-electron chi connectivity index (χ1n) is 11.1. The van der Waals surface area contributed by atoms with Gasteiger partial charge in [0.05, 0.1) is 6.04 Å². The number of hydrogen-bond acceptors (Lipinski definition) is 5. The maximum Gasteiger partial charge on any atom is 0.407 e. The monoisotopic (exact) mass is 449 g/mol. The molecule has 0 aliphatic heterocycles. The van der Waals surface area contributed by atoms with Crippen molar-refractivity contribution in [1.82, 2.24) is 25.4 Å². The second-order valence-corrected chi connectivity index (χ2v) is 8.73. The third kappa shape index (κ3) is 8.07. The molecule has 2 aromatic carbocycles. The van der Waals surface area contributed by atoms with Crippen LogP contribution >= 0.6 is 0 Å². The summed E-state index contributed by atoms with van der Waals surface area (Å²) in [7, 11) is 0. The normalized spacial score (nSPS) is 12.1. The van der Waals surface area contributed by atoms with Gasteiger partial charge in [-0.05, 0) is 39.2 Å². The van der Waals surface area contributed by atoms with Gasteiger partial charge in [0, 0.05) is 12.1 Å². The molecule has 1 aromatic heterocycles. The lowest BCUT2D eigenvalue weighted by molar-refractivity contribution is -0.122. The van der Waals surface area contributed by atoms with Crippen molar-refractivity contribution in [2.24, 2.45) is 0 Å². The van der Waals surface area contributed by atoms with Crippen molar-refractivity contribution in [3.8, 4) is 11.4 Å². The lowest BCUT2D eigenvalue weighted by Crippen LogP contribution is -2.34. The summed E-state index contributed by atoms with van der Waals surface area (Å²) in [5.41, 5.74) is 1.37. The zero-order chi connectivity index (χ0) is 23.7. The van der Waals surface area contributed by atoms with E-state index in [2.05, 4.69) is 20.7 Å². The topological polar surface area (TPSA) is 98.1 Å². The molecular formula is C25H31N5O3. The second kappa shape index (κ2) is 11.3. The summed E-state index contributed by atoms with van der Waals surface area (Å²) in [5.74, 6) is 0.421. The number of benzene rings is 2. The quantitative estimate of drug-likeness (QED) is 0.479. The molecule has 0 bridgehead atoms. The molecule has 0 aliphatic carbocycles. The second-order valence-electron chi connectivity index (χ2n) is 8.73. The van der Waals surface area contributed by atoms with Crippen LogP contribution in [0.15, 0.2) is 67.0 Å². The number of amides is 2. The molecule has 3 rings (SSSR count). The highest BCUT2D eigenvalue weighted by atomic mass is 16.6. The lowest BCUT2D eigenvalue weighted by Gasteiger charge is -2.21. The highest BCUT2D eigenvalue weighted by Gasteiger charge is 2.18. The van der Waals surface area contributed by atoms with E-state index in [4.69, 9.17) is 4.74 Å². The fourth-order valence-electron chi connectivity index (χ4n) is 3.30. The molecule has 0 spiro atoms. The van der Waals surface area contributed by atoms with Crippen LogP contribution in [0.25, 0.3) is 11.4 Å². The van der Waals surface area contributed by atoms with E-state index in [-0.39, 0.29) is 18.5 Å². The summed E-state index contributed by atoms with van der Waals surface area (Å²) in [6, 6.07) is 19.2. The number of carbonyl (C=O) groups excluding carboxylic acids is 2. The van der Waals surface area contributed by atoms with E-state index in [0.717, 1.165) is 11.1 Å². The van der Waals surface area contributed by atoms with Gasteiger partial charge in [0.1, 0.15) is 18.5 Å². The van der Waals surface area contributed by atoms with Crippen LogP contribution in [0.4, 0.5) is 4.79 Å². The lowest BCUT2D eigenvalue weighted by atomic mass is 10.0. The Kier molecular flexibility index (Phi) is 8.18. The molecule has 2 amide bonds. The predicted molar refractivity (Wildman–Crippen MR) is 126 cm³/mol. The third-order valence-corrected chi connectivity index (χ3v) is 4.75. The Morgan fingerprint density at radius 1 is 1.03 bits per heavy atom. The first-order chi connectivity index (χ1) is 15.8. The van der Waals surface area contributed by atoms with Crippen LogP contribution in [-0.2, 0) is 16.1 Å². The van der Waals surface area contributed by atoms with Gasteiger partial charge in [0.15, 0.2) is 5.82 Å². The van der Waals surface area contributed by atoms with Gasteiger partial charge in [0.2, 0.25) is 5.91 Å². The van der Waals surface area contributed by atoms with Crippen LogP contribution in [0.5, 0.6) is 0 Å². The Morgan fingerprint density at radius 2 is 1.70 bits per heavy atom. The summed E-state index contributed by atoms with van der Waals surface area (Å²) < 4.78 is 6.79. The van der Waals surface area contributed by atoms with Gasteiger partial charge >= 0.3 is 6.09 Å². The average molecular weight is 450 g/mol. The number of rotatable bonds is 9. The number of hydrogen-bond donors (Lipinski definition) is 2. The van der Waals surface area contributed by atoms with Gasteiger partial charge in [-0.1, -0.05) is 60.7 Å². The Bertz CT molecular complexity index is 1030. The highest BCUT2D eigenvalue weighted by Crippen LogP contribution is 2.18. The minimum atomic E-state index is -0.535. The fraction of sp³-hybridized carbons (Fsp3) is 0.360. The number of nitrogens with zero attached hydrogens (tertiary/aromatic N) is 3. The Labute approximate surface area is 194 Å². The maximum absolute atomic E-state index is 12.8. The number of carbonyl (C=O) groups is 2. The van der Waals surface area contributed by atoms with Gasteiger partial charge in [-0.25, -0.2) is 14.5 Å². The van der Waals surface area contributed by atoms with Gasteiger partial charge in [-0.2, -0.15) is 5.10 Å². The van der Waals surface area contributed by atoms with Gasteiger partial charge in [0.25, 0.3) is 0 Å². The van der Waals surface area contributed by atoms with Crippen molar-refractivity contribution in [2.75, 3.05) is 6.54 Å². The summed E-state index contributed by atoms with van der Waals surface area (Å²) in [5, 5.41) is 10.3. The highest BCUT2D eigenvalue weighted by molar-refractivity contribution is 5.76. The minimum absolute atomic E-state index is 0.0688.